The molecule has 1 N–H and O–H groups in total. The van der Waals surface area contributed by atoms with E-state index in [1.165, 1.54) is 31.3 Å². The second kappa shape index (κ2) is 6.41. The number of sulfonamides is 1. The van der Waals surface area contributed by atoms with Crippen molar-refractivity contribution in [3.05, 3.63) is 35.2 Å². The minimum absolute atomic E-state index is 0.309. The minimum atomic E-state index is -3.60. The number of aryl methyl sites for hydroxylation is 1. The van der Waals surface area contributed by atoms with Crippen molar-refractivity contribution in [2.24, 2.45) is 0 Å². The van der Waals surface area contributed by atoms with Crippen molar-refractivity contribution in [3.8, 4) is 5.75 Å². The lowest BCUT2D eigenvalue weighted by atomic mass is 10.2. The molecule has 5 nitrogen and oxygen atoms in total. The van der Waals surface area contributed by atoms with Gasteiger partial charge in [0, 0.05) is 23.7 Å². The van der Waals surface area contributed by atoms with Crippen LogP contribution in [0, 0.1) is 6.92 Å². The van der Waals surface area contributed by atoms with E-state index in [2.05, 4.69) is 9.62 Å². The van der Waals surface area contributed by atoms with E-state index in [4.69, 9.17) is 4.74 Å². The van der Waals surface area contributed by atoms with E-state index in [1.54, 1.807) is 12.1 Å². The van der Waals surface area contributed by atoms with Gasteiger partial charge in [0.05, 0.1) is 12.8 Å². The number of nitrogens with one attached hydrogen (secondary N) is 1. The lowest BCUT2D eigenvalue weighted by Crippen LogP contribution is -2.18. The van der Waals surface area contributed by atoms with Crippen LogP contribution in [0.5, 0.6) is 5.75 Å². The van der Waals surface area contributed by atoms with E-state index in [0.29, 0.717) is 15.6 Å². The van der Waals surface area contributed by atoms with E-state index < -0.39 is 10.0 Å². The Morgan fingerprint density at radius 3 is 2.52 bits per heavy atom. The third-order valence-corrected chi connectivity index (χ3v) is 6.74. The van der Waals surface area contributed by atoms with Crippen molar-refractivity contribution in [1.29, 1.82) is 0 Å². The zero-order chi connectivity index (χ0) is 16.4. The Balaban J connectivity index is 1.92. The van der Waals surface area contributed by atoms with Crippen LogP contribution in [0.4, 0.5) is 11.4 Å². The number of methoxy groups -OCH3 is 1. The Kier molecular flexibility index (Phi) is 4.50. The van der Waals surface area contributed by atoms with Gasteiger partial charge in [-0.1, -0.05) is 0 Å². The van der Waals surface area contributed by atoms with Gasteiger partial charge in [0.2, 0.25) is 0 Å². The molecule has 0 spiro atoms. The van der Waals surface area contributed by atoms with Crippen molar-refractivity contribution in [1.82, 2.24) is 0 Å². The van der Waals surface area contributed by atoms with Gasteiger partial charge in [-0.25, -0.2) is 8.42 Å². The summed E-state index contributed by atoms with van der Waals surface area (Å²) in [4.78, 5) is 3.22. The first-order valence-corrected chi connectivity index (χ1v) is 9.82. The van der Waals surface area contributed by atoms with Gasteiger partial charge in [0.15, 0.2) is 0 Å². The van der Waals surface area contributed by atoms with Crippen molar-refractivity contribution in [3.63, 3.8) is 0 Å². The molecule has 0 radical (unpaired) electrons. The molecule has 1 aliphatic heterocycles. The highest BCUT2D eigenvalue weighted by molar-refractivity contribution is 7.94. The van der Waals surface area contributed by atoms with Crippen LogP contribution in [0.2, 0.25) is 0 Å². The molecular formula is C16H20N2O3S2. The van der Waals surface area contributed by atoms with Crippen LogP contribution in [0.25, 0.3) is 0 Å². The Labute approximate surface area is 140 Å². The molecule has 7 heteroatoms. The Hall–Kier alpha value is -1.73. The topological polar surface area (TPSA) is 58.6 Å². The van der Waals surface area contributed by atoms with Crippen molar-refractivity contribution < 1.29 is 13.2 Å². The van der Waals surface area contributed by atoms with Crippen LogP contribution in [0.3, 0.4) is 0 Å². The molecule has 0 unspecified atom stereocenters. The fourth-order valence-corrected chi connectivity index (χ4v) is 5.04. The molecule has 1 aromatic heterocycles. The van der Waals surface area contributed by atoms with Crippen LogP contribution < -0.4 is 14.4 Å². The Morgan fingerprint density at radius 1 is 1.17 bits per heavy atom. The van der Waals surface area contributed by atoms with E-state index in [9.17, 15) is 8.42 Å². The maximum Gasteiger partial charge on any atom is 0.271 e. The first-order chi connectivity index (χ1) is 11.0. The Morgan fingerprint density at radius 2 is 1.91 bits per heavy atom. The number of benzene rings is 1. The molecule has 0 amide bonds. The molecule has 1 saturated heterocycles. The van der Waals surface area contributed by atoms with Crippen LogP contribution >= 0.6 is 11.3 Å². The van der Waals surface area contributed by atoms with Gasteiger partial charge < -0.3 is 9.64 Å². The number of hydrogen-bond acceptors (Lipinski definition) is 5. The van der Waals surface area contributed by atoms with E-state index in [0.717, 1.165) is 23.7 Å². The summed E-state index contributed by atoms with van der Waals surface area (Å²) in [6, 6.07) is 9.06. The third-order valence-electron chi connectivity index (χ3n) is 3.88. The molecule has 1 aromatic carbocycles. The smallest absolute Gasteiger partial charge is 0.271 e. The summed E-state index contributed by atoms with van der Waals surface area (Å²) < 4.78 is 33.4. The number of thiophene rings is 1. The van der Waals surface area contributed by atoms with Gasteiger partial charge in [-0.2, -0.15) is 0 Å². The van der Waals surface area contributed by atoms with Crippen molar-refractivity contribution >= 4 is 32.7 Å². The molecule has 2 aromatic rings. The zero-order valence-corrected chi connectivity index (χ0v) is 14.8. The highest BCUT2D eigenvalue weighted by Gasteiger charge is 2.20. The second-order valence-electron chi connectivity index (χ2n) is 5.55. The van der Waals surface area contributed by atoms with Crippen LogP contribution in [0.1, 0.15) is 17.7 Å². The molecule has 23 heavy (non-hydrogen) atoms. The van der Waals surface area contributed by atoms with Crippen LogP contribution in [0.15, 0.2) is 34.5 Å². The first-order valence-electron chi connectivity index (χ1n) is 7.52. The van der Waals surface area contributed by atoms with Crippen LogP contribution in [-0.2, 0) is 10.0 Å². The molecule has 2 heterocycles. The summed E-state index contributed by atoms with van der Waals surface area (Å²) >= 11 is 1.26. The van der Waals surface area contributed by atoms with Crippen LogP contribution in [-0.4, -0.2) is 28.6 Å². The summed E-state index contributed by atoms with van der Waals surface area (Å²) in [5.41, 5.74) is 1.49. The molecule has 0 bridgehead atoms. The average molecular weight is 352 g/mol. The zero-order valence-electron chi connectivity index (χ0n) is 13.2. The normalized spacial score (nSPS) is 15.0. The van der Waals surface area contributed by atoms with Gasteiger partial charge in [0.25, 0.3) is 10.0 Å². The quantitative estimate of drug-likeness (QED) is 0.895. The molecule has 0 aliphatic carbocycles. The highest BCUT2D eigenvalue weighted by Crippen LogP contribution is 2.33. The summed E-state index contributed by atoms with van der Waals surface area (Å²) in [7, 11) is -2.06. The average Bonchev–Trinajstić information content (AvgIpc) is 3.18. The molecule has 3 rings (SSSR count). The molecule has 0 atom stereocenters. The predicted octanol–water partition coefficient (Wildman–Crippen LogP) is 3.47. The minimum Gasteiger partial charge on any atom is -0.495 e. The summed E-state index contributed by atoms with van der Waals surface area (Å²) in [5.74, 6) is 0.518. The summed E-state index contributed by atoms with van der Waals surface area (Å²) in [5, 5.41) is 0. The SMILES string of the molecule is COc1ccc(N2CCCC2)cc1NS(=O)(=O)c1ccc(C)s1. The first kappa shape index (κ1) is 16.1. The monoisotopic (exact) mass is 352 g/mol. The number of rotatable bonds is 5. The number of anilines is 2. The number of hydrogen-bond donors (Lipinski definition) is 1. The van der Waals surface area contributed by atoms with Gasteiger partial charge in [-0.3, -0.25) is 4.72 Å². The lowest BCUT2D eigenvalue weighted by molar-refractivity contribution is 0.417. The fraction of sp³-hybridized carbons (Fsp3) is 0.375. The maximum absolute atomic E-state index is 12.5. The lowest BCUT2D eigenvalue weighted by Gasteiger charge is -2.20. The number of ether oxygens (including phenoxy) is 1. The van der Waals surface area contributed by atoms with E-state index in [-0.39, 0.29) is 0 Å². The number of nitrogens with zero attached hydrogens (tertiary/aromatic N) is 1. The van der Waals surface area contributed by atoms with Crippen molar-refractivity contribution in [2.45, 2.75) is 24.0 Å². The fourth-order valence-electron chi connectivity index (χ4n) is 2.70. The molecular weight excluding hydrogens is 332 g/mol. The molecule has 0 saturated carbocycles. The van der Waals surface area contributed by atoms with E-state index >= 15 is 0 Å². The Bertz CT molecular complexity index is 793. The molecule has 1 fully saturated rings. The van der Waals surface area contributed by atoms with Crippen molar-refractivity contribution in [2.75, 3.05) is 29.8 Å². The largest absolute Gasteiger partial charge is 0.495 e. The molecule has 1 aliphatic rings. The standard InChI is InChI=1S/C16H20N2O3S2/c1-12-5-8-16(22-12)23(19,20)17-14-11-13(6-7-15(14)21-2)18-9-3-4-10-18/h5-8,11,17H,3-4,9-10H2,1-2H3. The maximum atomic E-state index is 12.5. The van der Waals surface area contributed by atoms with Gasteiger partial charge in [-0.05, 0) is 50.1 Å². The summed E-state index contributed by atoms with van der Waals surface area (Å²) in [6.45, 7) is 3.89. The van der Waals surface area contributed by atoms with Gasteiger partial charge in [-0.15, -0.1) is 11.3 Å². The van der Waals surface area contributed by atoms with Gasteiger partial charge in [0.1, 0.15) is 9.96 Å². The second-order valence-corrected chi connectivity index (χ2v) is 8.75. The van der Waals surface area contributed by atoms with E-state index in [1.807, 2.05) is 25.1 Å². The highest BCUT2D eigenvalue weighted by atomic mass is 32.2. The van der Waals surface area contributed by atoms with Gasteiger partial charge >= 0.3 is 0 Å². The third kappa shape index (κ3) is 3.45. The predicted molar refractivity (Wildman–Crippen MR) is 94.3 cm³/mol. The summed E-state index contributed by atoms with van der Waals surface area (Å²) in [6.07, 6.45) is 2.34. The molecule has 124 valence electrons.